The maximum atomic E-state index is 14.9. The number of aliphatic imine (C=N–C) groups is 1. The molecule has 0 saturated carbocycles. The number of halogens is 2. The molecule has 0 aromatic heterocycles. The molecule has 0 saturated heterocycles. The Balaban J connectivity index is 1.98. The van der Waals surface area contributed by atoms with Crippen molar-refractivity contribution >= 4 is 18.1 Å². The van der Waals surface area contributed by atoms with E-state index in [2.05, 4.69) is 55.1 Å². The number of rotatable bonds is 6. The molecule has 3 rings (SSSR count). The first-order valence-corrected chi connectivity index (χ1v) is 9.39. The molecule has 0 amide bonds. The fourth-order valence-electron chi connectivity index (χ4n) is 3.24. The Hall–Kier alpha value is -3.01. The maximum Gasteiger partial charge on any atom is 0.161 e. The first-order chi connectivity index (χ1) is 13.5. The van der Waals surface area contributed by atoms with E-state index in [1.54, 1.807) is 12.1 Å². The van der Waals surface area contributed by atoms with Crippen LogP contribution in [0.5, 0.6) is 0 Å². The molecule has 4 heteroatoms. The fourth-order valence-corrected chi connectivity index (χ4v) is 3.24. The van der Waals surface area contributed by atoms with Gasteiger partial charge >= 0.3 is 0 Å². The van der Waals surface area contributed by atoms with Crippen molar-refractivity contribution in [1.82, 2.24) is 0 Å². The van der Waals surface area contributed by atoms with Crippen molar-refractivity contribution in [3.8, 4) is 22.3 Å². The minimum atomic E-state index is -0.708. The van der Waals surface area contributed by atoms with Crippen LogP contribution >= 0.6 is 0 Å². The average molecular weight is 378 g/mol. The van der Waals surface area contributed by atoms with Crippen molar-refractivity contribution in [2.75, 3.05) is 11.9 Å². The van der Waals surface area contributed by atoms with Crippen LogP contribution < -0.4 is 5.32 Å². The summed E-state index contributed by atoms with van der Waals surface area (Å²) in [5.41, 5.74) is 4.04. The quantitative estimate of drug-likeness (QED) is 0.451. The van der Waals surface area contributed by atoms with Crippen molar-refractivity contribution in [2.45, 2.75) is 26.7 Å². The van der Waals surface area contributed by atoms with E-state index >= 15 is 0 Å². The van der Waals surface area contributed by atoms with Gasteiger partial charge in [-0.1, -0.05) is 62.4 Å². The molecule has 0 heterocycles. The van der Waals surface area contributed by atoms with Crippen LogP contribution in [0.4, 0.5) is 20.2 Å². The predicted molar refractivity (Wildman–Crippen MR) is 115 cm³/mol. The number of hydrogen-bond acceptors (Lipinski definition) is 2. The predicted octanol–water partition coefficient (Wildman–Crippen LogP) is 7.19. The van der Waals surface area contributed by atoms with Gasteiger partial charge in [-0.2, -0.15) is 0 Å². The largest absolute Gasteiger partial charge is 0.383 e. The van der Waals surface area contributed by atoms with Crippen LogP contribution in [0.1, 0.15) is 32.3 Å². The third-order valence-electron chi connectivity index (χ3n) is 4.80. The molecule has 0 unspecified atom stereocenters. The molecule has 0 fully saturated rings. The van der Waals surface area contributed by atoms with E-state index in [0.29, 0.717) is 23.7 Å². The van der Waals surface area contributed by atoms with Gasteiger partial charge in [-0.25, -0.2) is 8.78 Å². The molecular weight excluding hydrogens is 354 g/mol. The SMILES string of the molecule is C=Nc1c(NCC)cc(F)c(-c2ccc(-c3ccc(C(C)C)cc3)cc2)c1F. The number of hydrogen-bond donors (Lipinski definition) is 1. The first kappa shape index (κ1) is 19.7. The van der Waals surface area contributed by atoms with Crippen molar-refractivity contribution in [3.63, 3.8) is 0 Å². The molecule has 0 spiro atoms. The van der Waals surface area contributed by atoms with Gasteiger partial charge in [0.25, 0.3) is 0 Å². The van der Waals surface area contributed by atoms with Crippen LogP contribution in [0.15, 0.2) is 59.6 Å². The van der Waals surface area contributed by atoms with Crippen LogP contribution in [0.3, 0.4) is 0 Å². The summed E-state index contributed by atoms with van der Waals surface area (Å²) in [7, 11) is 0. The highest BCUT2D eigenvalue weighted by molar-refractivity contribution is 5.79. The summed E-state index contributed by atoms with van der Waals surface area (Å²) in [6.07, 6.45) is 0. The second-order valence-electron chi connectivity index (χ2n) is 6.99. The summed E-state index contributed by atoms with van der Waals surface area (Å²) < 4.78 is 29.6. The zero-order valence-electron chi connectivity index (χ0n) is 16.4. The lowest BCUT2D eigenvalue weighted by Crippen LogP contribution is -2.01. The summed E-state index contributed by atoms with van der Waals surface area (Å²) in [5, 5.41) is 2.92. The minimum absolute atomic E-state index is 0.0339. The van der Waals surface area contributed by atoms with Crippen molar-refractivity contribution < 1.29 is 8.78 Å². The molecule has 3 aromatic carbocycles. The number of nitrogens with one attached hydrogen (secondary N) is 1. The Bertz CT molecular complexity index is 975. The Morgan fingerprint density at radius 2 is 1.46 bits per heavy atom. The molecule has 0 aliphatic heterocycles. The highest BCUT2D eigenvalue weighted by Gasteiger charge is 2.19. The monoisotopic (exact) mass is 378 g/mol. The zero-order chi connectivity index (χ0) is 20.3. The Kier molecular flexibility index (Phi) is 5.88. The molecule has 0 aliphatic rings. The summed E-state index contributed by atoms with van der Waals surface area (Å²) in [6, 6.07) is 16.8. The van der Waals surface area contributed by atoms with Gasteiger partial charge in [-0.15, -0.1) is 0 Å². The Morgan fingerprint density at radius 3 is 1.96 bits per heavy atom. The van der Waals surface area contributed by atoms with Gasteiger partial charge in [0.15, 0.2) is 5.82 Å². The molecule has 3 aromatic rings. The van der Waals surface area contributed by atoms with Crippen molar-refractivity contribution in [3.05, 3.63) is 71.8 Å². The first-order valence-electron chi connectivity index (χ1n) is 9.39. The smallest absolute Gasteiger partial charge is 0.161 e. The van der Waals surface area contributed by atoms with Crippen LogP contribution in [0.2, 0.25) is 0 Å². The van der Waals surface area contributed by atoms with Gasteiger partial charge in [0.2, 0.25) is 0 Å². The average Bonchev–Trinajstić information content (AvgIpc) is 2.69. The van der Waals surface area contributed by atoms with Gasteiger partial charge in [0.05, 0.1) is 11.3 Å². The fraction of sp³-hybridized carbons (Fsp3) is 0.208. The lowest BCUT2D eigenvalue weighted by atomic mass is 9.96. The van der Waals surface area contributed by atoms with Gasteiger partial charge < -0.3 is 5.32 Å². The summed E-state index contributed by atoms with van der Waals surface area (Å²) in [5.74, 6) is -0.866. The third kappa shape index (κ3) is 3.81. The van der Waals surface area contributed by atoms with E-state index in [-0.39, 0.29) is 11.3 Å². The van der Waals surface area contributed by atoms with Crippen molar-refractivity contribution in [2.24, 2.45) is 4.99 Å². The maximum absolute atomic E-state index is 14.9. The van der Waals surface area contributed by atoms with E-state index in [4.69, 9.17) is 0 Å². The molecule has 28 heavy (non-hydrogen) atoms. The van der Waals surface area contributed by atoms with E-state index < -0.39 is 11.6 Å². The molecule has 1 N–H and O–H groups in total. The molecule has 0 bridgehead atoms. The molecule has 0 radical (unpaired) electrons. The summed E-state index contributed by atoms with van der Waals surface area (Å²) >= 11 is 0. The number of anilines is 1. The van der Waals surface area contributed by atoms with Crippen molar-refractivity contribution in [1.29, 1.82) is 0 Å². The standard InChI is InChI=1S/C24H24F2N2/c1-5-28-21-14-20(25)22(23(26)24(21)27-4)19-12-10-18(11-13-19)17-8-6-16(7-9-17)15(2)3/h6-15,28H,4-5H2,1-3H3. The molecule has 2 nitrogen and oxygen atoms in total. The Labute approximate surface area is 165 Å². The molecule has 0 aliphatic carbocycles. The molecule has 144 valence electrons. The van der Waals surface area contributed by atoms with Crippen LogP contribution in [0.25, 0.3) is 22.3 Å². The van der Waals surface area contributed by atoms with E-state index in [1.165, 1.54) is 11.6 Å². The Morgan fingerprint density at radius 1 is 0.929 bits per heavy atom. The second kappa shape index (κ2) is 8.34. The van der Waals surface area contributed by atoms with Gasteiger partial charge in [-0.05, 0) is 41.8 Å². The van der Waals surface area contributed by atoms with Gasteiger partial charge in [-0.3, -0.25) is 4.99 Å². The molecule has 0 atom stereocenters. The van der Waals surface area contributed by atoms with Crippen LogP contribution in [-0.2, 0) is 0 Å². The van der Waals surface area contributed by atoms with E-state index in [0.717, 1.165) is 11.1 Å². The third-order valence-corrected chi connectivity index (χ3v) is 4.80. The second-order valence-corrected chi connectivity index (χ2v) is 6.99. The summed E-state index contributed by atoms with van der Waals surface area (Å²) in [6.45, 7) is 10.1. The van der Waals surface area contributed by atoms with Crippen LogP contribution in [-0.4, -0.2) is 13.3 Å². The van der Waals surface area contributed by atoms with Gasteiger partial charge in [0, 0.05) is 12.6 Å². The normalized spacial score (nSPS) is 10.9. The zero-order valence-corrected chi connectivity index (χ0v) is 16.4. The summed E-state index contributed by atoms with van der Waals surface area (Å²) in [4.78, 5) is 3.75. The van der Waals surface area contributed by atoms with E-state index in [9.17, 15) is 8.78 Å². The number of benzene rings is 3. The highest BCUT2D eigenvalue weighted by Crippen LogP contribution is 2.38. The van der Waals surface area contributed by atoms with Gasteiger partial charge in [0.1, 0.15) is 11.5 Å². The lowest BCUT2D eigenvalue weighted by Gasteiger charge is -2.13. The van der Waals surface area contributed by atoms with Crippen LogP contribution in [0, 0.1) is 11.6 Å². The highest BCUT2D eigenvalue weighted by atomic mass is 19.1. The lowest BCUT2D eigenvalue weighted by molar-refractivity contribution is 0.592. The number of nitrogens with zero attached hydrogens (tertiary/aromatic N) is 1. The topological polar surface area (TPSA) is 24.4 Å². The minimum Gasteiger partial charge on any atom is -0.383 e. The van der Waals surface area contributed by atoms with E-state index in [1.807, 2.05) is 19.1 Å². The molecular formula is C24H24F2N2.